The largest absolute Gasteiger partial charge is 0.461 e. The van der Waals surface area contributed by atoms with Crippen molar-refractivity contribution in [2.75, 3.05) is 30.9 Å². The van der Waals surface area contributed by atoms with E-state index in [1.807, 2.05) is 0 Å². The number of nitrogens with zero attached hydrogens (tertiary/aromatic N) is 3. The van der Waals surface area contributed by atoms with Crippen molar-refractivity contribution in [1.82, 2.24) is 14.9 Å². The molecule has 2 atom stereocenters. The van der Waals surface area contributed by atoms with Gasteiger partial charge in [-0.2, -0.15) is 0 Å². The van der Waals surface area contributed by atoms with Crippen molar-refractivity contribution in [3.05, 3.63) is 59.7 Å². The number of rotatable bonds is 7. The molecule has 1 saturated heterocycles. The molecule has 3 heterocycles. The fraction of sp³-hybridized carbons (Fsp3) is 0.292. The molecule has 188 valence electrons. The highest BCUT2D eigenvalue weighted by Gasteiger charge is 2.40. The molecular weight excluding hydrogens is 490 g/mol. The number of carbonyl (C=O) groups is 3. The maximum atomic E-state index is 13.1. The molecule has 0 bridgehead atoms. The second kappa shape index (κ2) is 11.2. The molecule has 1 aliphatic rings. The number of halogens is 1. The average Bonchev–Trinajstić information content (AvgIpc) is 3.54. The highest BCUT2D eigenvalue weighted by atomic mass is 35.5. The Bertz CT molecular complexity index is 1230. The van der Waals surface area contributed by atoms with Crippen molar-refractivity contribution in [3.63, 3.8) is 0 Å². The number of oxazole rings is 1. The third-order valence-electron chi connectivity index (χ3n) is 5.57. The number of amides is 3. The zero-order valence-corrected chi connectivity index (χ0v) is 20.3. The molecule has 1 fully saturated rings. The summed E-state index contributed by atoms with van der Waals surface area (Å²) in [4.78, 5) is 47.6. The van der Waals surface area contributed by atoms with E-state index in [9.17, 15) is 14.4 Å². The first kappa shape index (κ1) is 25.1. The number of benzene rings is 1. The van der Waals surface area contributed by atoms with Gasteiger partial charge in [0, 0.05) is 42.5 Å². The molecule has 0 unspecified atom stereocenters. The van der Waals surface area contributed by atoms with Crippen LogP contribution in [0.15, 0.2) is 53.4 Å². The lowest BCUT2D eigenvalue weighted by molar-refractivity contribution is -0.119. The minimum absolute atomic E-state index is 0.0364. The van der Waals surface area contributed by atoms with E-state index in [0.29, 0.717) is 22.7 Å². The van der Waals surface area contributed by atoms with Crippen LogP contribution in [0.25, 0.3) is 11.3 Å². The van der Waals surface area contributed by atoms with Gasteiger partial charge in [-0.3, -0.25) is 4.79 Å². The number of anilines is 2. The fourth-order valence-corrected chi connectivity index (χ4v) is 3.90. The first-order valence-corrected chi connectivity index (χ1v) is 11.5. The van der Waals surface area contributed by atoms with Gasteiger partial charge in [-0.1, -0.05) is 11.6 Å². The Morgan fingerprint density at radius 2 is 1.92 bits per heavy atom. The monoisotopic (exact) mass is 513 g/mol. The van der Waals surface area contributed by atoms with Gasteiger partial charge in [0.15, 0.2) is 17.8 Å². The van der Waals surface area contributed by atoms with Crippen LogP contribution in [0.1, 0.15) is 23.8 Å². The van der Waals surface area contributed by atoms with E-state index >= 15 is 0 Å². The summed E-state index contributed by atoms with van der Waals surface area (Å²) in [6.45, 7) is 2.15. The van der Waals surface area contributed by atoms with Gasteiger partial charge in [0.25, 0.3) is 0 Å². The third kappa shape index (κ3) is 5.64. The standard InChI is InChI=1S/C24H24ClN5O6/c1-3-35-23(32)20-21(36-13-27-20)14-4-9-19(26-11-14)29-22(31)18-10-17(34-2)12-30(18)24(33)28-16-7-5-15(25)6-8-16/h4-9,11,13,17-18H,3,10,12H2,1-2H3,(H,28,33)(H,26,29,31)/t17-,18-/m1/s1. The topological polar surface area (TPSA) is 136 Å². The van der Waals surface area contributed by atoms with Gasteiger partial charge in [-0.15, -0.1) is 0 Å². The first-order chi connectivity index (χ1) is 17.4. The molecular formula is C24H24ClN5O6. The fourth-order valence-electron chi connectivity index (χ4n) is 3.78. The first-order valence-electron chi connectivity index (χ1n) is 11.1. The van der Waals surface area contributed by atoms with Crippen LogP contribution in [0, 0.1) is 0 Å². The minimum Gasteiger partial charge on any atom is -0.461 e. The van der Waals surface area contributed by atoms with Crippen molar-refractivity contribution in [2.24, 2.45) is 0 Å². The molecule has 1 aliphatic heterocycles. The maximum Gasteiger partial charge on any atom is 0.360 e. The Kier molecular flexibility index (Phi) is 7.81. The molecule has 11 nitrogen and oxygen atoms in total. The number of esters is 1. The number of hydrogen-bond donors (Lipinski definition) is 2. The summed E-state index contributed by atoms with van der Waals surface area (Å²) < 4.78 is 15.7. The van der Waals surface area contributed by atoms with Crippen molar-refractivity contribution >= 4 is 41.0 Å². The van der Waals surface area contributed by atoms with E-state index in [2.05, 4.69) is 20.6 Å². The molecule has 2 N–H and O–H groups in total. The summed E-state index contributed by atoms with van der Waals surface area (Å²) in [6.07, 6.45) is 2.62. The minimum atomic E-state index is -0.770. The number of carbonyl (C=O) groups excluding carboxylic acids is 3. The summed E-state index contributed by atoms with van der Waals surface area (Å²) in [7, 11) is 1.54. The van der Waals surface area contributed by atoms with Crippen LogP contribution in [-0.2, 0) is 14.3 Å². The summed E-state index contributed by atoms with van der Waals surface area (Å²) in [5.74, 6) is -0.542. The Balaban J connectivity index is 1.44. The number of methoxy groups -OCH3 is 1. The highest BCUT2D eigenvalue weighted by Crippen LogP contribution is 2.26. The zero-order chi connectivity index (χ0) is 25.7. The Labute approximate surface area is 211 Å². The van der Waals surface area contributed by atoms with Gasteiger partial charge in [0.1, 0.15) is 11.9 Å². The SMILES string of the molecule is CCOC(=O)c1ncoc1-c1ccc(NC(=O)[C@H]2C[C@@H](OC)CN2C(=O)Nc2ccc(Cl)cc2)nc1. The normalized spacial score (nSPS) is 17.0. The maximum absolute atomic E-state index is 13.1. The lowest BCUT2D eigenvalue weighted by Crippen LogP contribution is -2.45. The van der Waals surface area contributed by atoms with Gasteiger partial charge in [0.2, 0.25) is 5.91 Å². The molecule has 4 rings (SSSR count). The van der Waals surface area contributed by atoms with Gasteiger partial charge < -0.3 is 29.4 Å². The molecule has 0 saturated carbocycles. The van der Waals surface area contributed by atoms with Crippen molar-refractivity contribution in [1.29, 1.82) is 0 Å². The average molecular weight is 514 g/mol. The van der Waals surface area contributed by atoms with Gasteiger partial charge >= 0.3 is 12.0 Å². The summed E-state index contributed by atoms with van der Waals surface area (Å²) in [5.41, 5.74) is 1.07. The molecule has 1 aromatic carbocycles. The highest BCUT2D eigenvalue weighted by molar-refractivity contribution is 6.30. The van der Waals surface area contributed by atoms with Crippen molar-refractivity contribution in [2.45, 2.75) is 25.5 Å². The third-order valence-corrected chi connectivity index (χ3v) is 5.82. The second-order valence-electron chi connectivity index (χ2n) is 7.87. The van der Waals surface area contributed by atoms with Crippen LogP contribution >= 0.6 is 11.6 Å². The number of aromatic nitrogens is 2. The molecule has 0 radical (unpaired) electrons. The summed E-state index contributed by atoms with van der Waals surface area (Å²) >= 11 is 5.90. The lowest BCUT2D eigenvalue weighted by Gasteiger charge is -2.24. The number of urea groups is 1. The molecule has 0 aliphatic carbocycles. The van der Waals surface area contributed by atoms with Gasteiger partial charge in [-0.25, -0.2) is 19.6 Å². The molecule has 36 heavy (non-hydrogen) atoms. The van der Waals surface area contributed by atoms with Crippen LogP contribution in [0.5, 0.6) is 0 Å². The smallest absolute Gasteiger partial charge is 0.360 e. The number of ether oxygens (including phenoxy) is 2. The van der Waals surface area contributed by atoms with Crippen molar-refractivity contribution in [3.8, 4) is 11.3 Å². The van der Waals surface area contributed by atoms with E-state index in [-0.39, 0.29) is 36.5 Å². The predicted molar refractivity (Wildman–Crippen MR) is 131 cm³/mol. The summed E-state index contributed by atoms with van der Waals surface area (Å²) in [5, 5.41) is 6.05. The van der Waals surface area contributed by atoms with Gasteiger partial charge in [-0.05, 0) is 43.3 Å². The number of hydrogen-bond acceptors (Lipinski definition) is 8. The number of likely N-dealkylation sites (tertiary alicyclic amines) is 1. The Morgan fingerprint density at radius 1 is 1.14 bits per heavy atom. The van der Waals surface area contributed by atoms with Gasteiger partial charge in [0.05, 0.1) is 12.7 Å². The number of nitrogens with one attached hydrogen (secondary N) is 2. The van der Waals surface area contributed by atoms with Crippen LogP contribution in [0.2, 0.25) is 5.02 Å². The van der Waals surface area contributed by atoms with Crippen LogP contribution in [0.3, 0.4) is 0 Å². The Hall–Kier alpha value is -3.96. The second-order valence-corrected chi connectivity index (χ2v) is 8.31. The molecule has 0 spiro atoms. The van der Waals surface area contributed by atoms with Crippen molar-refractivity contribution < 1.29 is 28.3 Å². The van der Waals surface area contributed by atoms with E-state index in [4.69, 9.17) is 25.5 Å². The lowest BCUT2D eigenvalue weighted by atomic mass is 10.1. The van der Waals surface area contributed by atoms with E-state index < -0.39 is 23.9 Å². The van der Waals surface area contributed by atoms with E-state index in [1.165, 1.54) is 18.2 Å². The Morgan fingerprint density at radius 3 is 2.58 bits per heavy atom. The molecule has 3 amide bonds. The quantitative estimate of drug-likeness (QED) is 0.455. The van der Waals surface area contributed by atoms with Crippen LogP contribution in [0.4, 0.5) is 16.3 Å². The van der Waals surface area contributed by atoms with Crippen LogP contribution < -0.4 is 10.6 Å². The number of pyridine rings is 1. The van der Waals surface area contributed by atoms with Crippen LogP contribution in [-0.4, -0.2) is 65.2 Å². The van der Waals surface area contributed by atoms with E-state index in [1.54, 1.807) is 43.3 Å². The zero-order valence-electron chi connectivity index (χ0n) is 19.6. The summed E-state index contributed by atoms with van der Waals surface area (Å²) in [6, 6.07) is 8.65. The molecule has 3 aromatic rings. The molecule has 2 aromatic heterocycles. The molecule has 12 heteroatoms. The predicted octanol–water partition coefficient (Wildman–Crippen LogP) is 3.83. The van der Waals surface area contributed by atoms with E-state index in [0.717, 1.165) is 6.39 Å².